The van der Waals surface area contributed by atoms with Crippen molar-refractivity contribution in [3.05, 3.63) is 79.9 Å². The van der Waals surface area contributed by atoms with Gasteiger partial charge in [-0.25, -0.2) is 0 Å². The van der Waals surface area contributed by atoms with Crippen LogP contribution >= 0.6 is 0 Å². The molecule has 0 heterocycles. The van der Waals surface area contributed by atoms with Crippen LogP contribution in [-0.2, 0) is 0 Å². The summed E-state index contributed by atoms with van der Waals surface area (Å²) in [4.78, 5) is 45.0. The summed E-state index contributed by atoms with van der Waals surface area (Å²) in [5.41, 5.74) is 4.80. The molecule has 3 N–H and O–H groups in total. The summed E-state index contributed by atoms with van der Waals surface area (Å²) in [5.74, 6) is -3.30. The van der Waals surface area contributed by atoms with Gasteiger partial charge in [-0.2, -0.15) is 0 Å². The maximum absolute atomic E-state index is 12.5. The number of nitrogens with two attached hydrogens (primary N) is 1. The smallest absolute Gasteiger partial charge is 0.269 e. The van der Waals surface area contributed by atoms with E-state index in [0.29, 0.717) is 0 Å². The molecule has 26 heavy (non-hydrogen) atoms. The van der Waals surface area contributed by atoms with Crippen LogP contribution in [0.3, 0.4) is 0 Å². The van der Waals surface area contributed by atoms with E-state index in [1.165, 1.54) is 0 Å². The molecule has 10 nitrogen and oxygen atoms in total. The van der Waals surface area contributed by atoms with Crippen LogP contribution in [0.15, 0.2) is 48.5 Å². The SMILES string of the molecule is NC(O)C(C(=O)c1ccc([N+](=O)[O-])cc1)C(=O)c1ccc([N+](=O)[O-])cc1. The molecule has 2 rings (SSSR count). The number of nitrogens with zero attached hydrogens (tertiary/aromatic N) is 2. The number of non-ortho nitro benzene ring substituents is 2. The summed E-state index contributed by atoms with van der Waals surface area (Å²) in [7, 11) is 0. The van der Waals surface area contributed by atoms with Gasteiger partial charge in [0.25, 0.3) is 11.4 Å². The standard InChI is InChI=1S/C16H13N3O7/c17-16(22)13(14(20)9-1-5-11(6-2-9)18(23)24)15(21)10-3-7-12(8-4-10)19(25)26/h1-8,13,16,22H,17H2. The van der Waals surface area contributed by atoms with Gasteiger partial charge in [-0.05, 0) is 24.3 Å². The van der Waals surface area contributed by atoms with Gasteiger partial charge >= 0.3 is 0 Å². The number of nitro benzene ring substituents is 2. The molecule has 1 atom stereocenters. The van der Waals surface area contributed by atoms with E-state index in [4.69, 9.17) is 5.73 Å². The highest BCUT2D eigenvalue weighted by atomic mass is 16.6. The minimum Gasteiger partial charge on any atom is -0.378 e. The van der Waals surface area contributed by atoms with Crippen LogP contribution in [0.5, 0.6) is 0 Å². The molecular formula is C16H13N3O7. The Balaban J connectivity index is 2.32. The molecule has 2 aromatic rings. The van der Waals surface area contributed by atoms with Gasteiger partial charge in [0, 0.05) is 35.4 Å². The second-order valence-electron chi connectivity index (χ2n) is 5.30. The lowest BCUT2D eigenvalue weighted by molar-refractivity contribution is -0.385. The summed E-state index contributed by atoms with van der Waals surface area (Å²) >= 11 is 0. The Morgan fingerprint density at radius 1 is 0.808 bits per heavy atom. The molecule has 0 saturated heterocycles. The average Bonchev–Trinajstić information content (AvgIpc) is 2.61. The normalized spacial score (nSPS) is 11.8. The number of rotatable bonds is 7. The first-order valence-electron chi connectivity index (χ1n) is 7.23. The Labute approximate surface area is 146 Å². The number of aliphatic hydroxyl groups is 1. The minimum atomic E-state index is -1.82. The third kappa shape index (κ3) is 3.94. The van der Waals surface area contributed by atoms with Gasteiger partial charge in [0.05, 0.1) is 9.85 Å². The van der Waals surface area contributed by atoms with E-state index < -0.39 is 33.6 Å². The van der Waals surface area contributed by atoms with E-state index in [0.717, 1.165) is 48.5 Å². The van der Waals surface area contributed by atoms with Crippen LogP contribution in [0.2, 0.25) is 0 Å². The Kier molecular flexibility index (Phi) is 5.50. The monoisotopic (exact) mass is 359 g/mol. The molecule has 0 spiro atoms. The van der Waals surface area contributed by atoms with Crippen LogP contribution in [-0.4, -0.2) is 32.7 Å². The van der Waals surface area contributed by atoms with Gasteiger partial charge in [-0.3, -0.25) is 29.8 Å². The first kappa shape index (κ1) is 18.8. The number of benzene rings is 2. The maximum Gasteiger partial charge on any atom is 0.269 e. The summed E-state index contributed by atoms with van der Waals surface area (Å²) in [6.07, 6.45) is -1.82. The number of aliphatic hydroxyl groups excluding tert-OH is 1. The second kappa shape index (κ2) is 7.59. The Morgan fingerprint density at radius 3 is 1.35 bits per heavy atom. The largest absolute Gasteiger partial charge is 0.378 e. The van der Waals surface area contributed by atoms with Crippen LogP contribution in [0, 0.1) is 26.1 Å². The minimum absolute atomic E-state index is 0.0413. The zero-order chi connectivity index (χ0) is 19.4. The Bertz CT molecular complexity index is 791. The lowest BCUT2D eigenvalue weighted by atomic mass is 9.88. The van der Waals surface area contributed by atoms with Crippen molar-refractivity contribution in [1.82, 2.24) is 0 Å². The molecule has 0 aliphatic heterocycles. The molecular weight excluding hydrogens is 346 g/mol. The maximum atomic E-state index is 12.5. The van der Waals surface area contributed by atoms with Crippen LogP contribution < -0.4 is 5.73 Å². The number of hydrogen-bond donors (Lipinski definition) is 2. The van der Waals surface area contributed by atoms with E-state index in [1.807, 2.05) is 0 Å². The van der Waals surface area contributed by atoms with Crippen molar-refractivity contribution in [3.8, 4) is 0 Å². The van der Waals surface area contributed by atoms with Crippen LogP contribution in [0.4, 0.5) is 11.4 Å². The summed E-state index contributed by atoms with van der Waals surface area (Å²) in [6, 6.07) is 8.95. The summed E-state index contributed by atoms with van der Waals surface area (Å²) in [6.45, 7) is 0. The van der Waals surface area contributed by atoms with Crippen molar-refractivity contribution in [3.63, 3.8) is 0 Å². The van der Waals surface area contributed by atoms with Gasteiger partial charge in [-0.15, -0.1) is 0 Å². The second-order valence-corrected chi connectivity index (χ2v) is 5.30. The molecule has 134 valence electrons. The number of hydrogen-bond acceptors (Lipinski definition) is 8. The molecule has 1 unspecified atom stereocenters. The molecule has 0 bridgehead atoms. The van der Waals surface area contributed by atoms with Gasteiger partial charge in [-0.1, -0.05) is 0 Å². The summed E-state index contributed by atoms with van der Waals surface area (Å²) in [5, 5.41) is 31.0. The topological polar surface area (TPSA) is 167 Å². The highest BCUT2D eigenvalue weighted by molar-refractivity contribution is 6.16. The average molecular weight is 359 g/mol. The highest BCUT2D eigenvalue weighted by Gasteiger charge is 2.33. The zero-order valence-electron chi connectivity index (χ0n) is 13.1. The molecule has 0 aliphatic carbocycles. The van der Waals surface area contributed by atoms with E-state index in [-0.39, 0.29) is 22.5 Å². The van der Waals surface area contributed by atoms with Crippen molar-refractivity contribution in [2.24, 2.45) is 11.7 Å². The predicted octanol–water partition coefficient (Wildman–Crippen LogP) is 1.46. The molecule has 0 amide bonds. The van der Waals surface area contributed by atoms with Crippen molar-refractivity contribution in [1.29, 1.82) is 0 Å². The first-order chi connectivity index (χ1) is 12.2. The van der Waals surface area contributed by atoms with Gasteiger partial charge in [0.2, 0.25) is 0 Å². The number of ketones is 2. The number of nitro groups is 2. The predicted molar refractivity (Wildman–Crippen MR) is 88.5 cm³/mol. The Hall–Kier alpha value is -3.50. The van der Waals surface area contributed by atoms with Gasteiger partial charge < -0.3 is 10.8 Å². The summed E-state index contributed by atoms with van der Waals surface area (Å²) < 4.78 is 0. The molecule has 0 saturated carbocycles. The fraction of sp³-hybridized carbons (Fsp3) is 0.125. The van der Waals surface area contributed by atoms with Crippen molar-refractivity contribution in [2.45, 2.75) is 6.23 Å². The van der Waals surface area contributed by atoms with Crippen LogP contribution in [0.25, 0.3) is 0 Å². The van der Waals surface area contributed by atoms with Crippen molar-refractivity contribution >= 4 is 22.9 Å². The lowest BCUT2D eigenvalue weighted by Crippen LogP contribution is -2.40. The molecule has 0 fully saturated rings. The van der Waals surface area contributed by atoms with Gasteiger partial charge in [0.15, 0.2) is 11.6 Å². The highest BCUT2D eigenvalue weighted by Crippen LogP contribution is 2.21. The fourth-order valence-electron chi connectivity index (χ4n) is 2.28. The number of Topliss-reactive ketones (excluding diaryl/α,β-unsaturated/α-hetero) is 2. The van der Waals surface area contributed by atoms with Gasteiger partial charge in [0.1, 0.15) is 12.1 Å². The number of carbonyl (C=O) groups is 2. The third-order valence-corrected chi connectivity index (χ3v) is 3.63. The molecule has 10 heteroatoms. The van der Waals surface area contributed by atoms with E-state index in [2.05, 4.69) is 0 Å². The van der Waals surface area contributed by atoms with E-state index in [1.54, 1.807) is 0 Å². The third-order valence-electron chi connectivity index (χ3n) is 3.63. The number of carbonyl (C=O) groups excluding carboxylic acids is 2. The Morgan fingerprint density at radius 2 is 1.12 bits per heavy atom. The quantitative estimate of drug-likeness (QED) is 0.246. The zero-order valence-corrected chi connectivity index (χ0v) is 13.1. The first-order valence-corrected chi connectivity index (χ1v) is 7.23. The molecule has 0 aromatic heterocycles. The lowest BCUT2D eigenvalue weighted by Gasteiger charge is -2.17. The van der Waals surface area contributed by atoms with E-state index in [9.17, 15) is 34.9 Å². The van der Waals surface area contributed by atoms with Crippen molar-refractivity contribution in [2.75, 3.05) is 0 Å². The molecule has 2 aromatic carbocycles. The fourth-order valence-corrected chi connectivity index (χ4v) is 2.28. The van der Waals surface area contributed by atoms with E-state index >= 15 is 0 Å². The van der Waals surface area contributed by atoms with Crippen molar-refractivity contribution < 1.29 is 24.5 Å². The molecule has 0 aliphatic rings. The molecule has 0 radical (unpaired) electrons. The van der Waals surface area contributed by atoms with Crippen LogP contribution in [0.1, 0.15) is 20.7 Å².